The first-order chi connectivity index (χ1) is 9.75. The molecule has 106 valence electrons. The number of nitrogens with zero attached hydrogens (tertiary/aromatic N) is 2. The van der Waals surface area contributed by atoms with Crippen LogP contribution in [0.1, 0.15) is 12.0 Å². The second-order valence-electron chi connectivity index (χ2n) is 4.79. The number of carbonyl (C=O) groups excluding carboxylic acids is 1. The molecule has 2 heterocycles. The number of phenolic OH excluding ortho intramolecular Hbond substituents is 1. The standard InChI is InChI=1S/C14H16N2O4/c17-12-4-2-1-3-10(12)11-9-13(20-15-11)14(18)16-5-7-19-8-6-16/h1-4,13,17H,5-9H2. The molecule has 2 aliphatic rings. The third-order valence-electron chi connectivity index (χ3n) is 3.48. The third-order valence-corrected chi connectivity index (χ3v) is 3.48. The minimum Gasteiger partial charge on any atom is -0.507 e. The Morgan fingerprint density at radius 3 is 2.80 bits per heavy atom. The highest BCUT2D eigenvalue weighted by Crippen LogP contribution is 2.24. The molecule has 1 saturated heterocycles. The van der Waals surface area contributed by atoms with Crippen LogP contribution in [-0.2, 0) is 14.4 Å². The summed E-state index contributed by atoms with van der Waals surface area (Å²) in [7, 11) is 0. The first-order valence-corrected chi connectivity index (χ1v) is 6.63. The van der Waals surface area contributed by atoms with Crippen LogP contribution in [0, 0.1) is 0 Å². The average molecular weight is 276 g/mol. The molecule has 0 spiro atoms. The fourth-order valence-electron chi connectivity index (χ4n) is 2.37. The van der Waals surface area contributed by atoms with Gasteiger partial charge in [-0.15, -0.1) is 0 Å². The first kappa shape index (κ1) is 12.9. The Balaban J connectivity index is 1.66. The normalized spacial score (nSPS) is 22.3. The summed E-state index contributed by atoms with van der Waals surface area (Å²) in [5.74, 6) is 0.0804. The smallest absolute Gasteiger partial charge is 0.267 e. The number of para-hydroxylation sites is 1. The maximum Gasteiger partial charge on any atom is 0.267 e. The van der Waals surface area contributed by atoms with Gasteiger partial charge in [-0.2, -0.15) is 0 Å². The lowest BCUT2D eigenvalue weighted by Crippen LogP contribution is -2.45. The molecular formula is C14H16N2O4. The molecule has 1 unspecified atom stereocenters. The Labute approximate surface area is 116 Å². The molecular weight excluding hydrogens is 260 g/mol. The highest BCUT2D eigenvalue weighted by Gasteiger charge is 2.33. The highest BCUT2D eigenvalue weighted by atomic mass is 16.6. The van der Waals surface area contributed by atoms with Gasteiger partial charge in [-0.25, -0.2) is 0 Å². The third kappa shape index (κ3) is 2.46. The van der Waals surface area contributed by atoms with E-state index < -0.39 is 6.10 Å². The average Bonchev–Trinajstić information content (AvgIpc) is 2.97. The summed E-state index contributed by atoms with van der Waals surface area (Å²) in [5, 5.41) is 13.7. The fraction of sp³-hybridized carbons (Fsp3) is 0.429. The maximum absolute atomic E-state index is 12.3. The Morgan fingerprint density at radius 1 is 1.30 bits per heavy atom. The molecule has 6 heteroatoms. The van der Waals surface area contributed by atoms with Crippen LogP contribution in [0.5, 0.6) is 5.75 Å². The zero-order valence-electron chi connectivity index (χ0n) is 11.0. The number of benzene rings is 1. The van der Waals surface area contributed by atoms with Crippen molar-refractivity contribution in [3.8, 4) is 5.75 Å². The molecule has 0 radical (unpaired) electrons. The molecule has 6 nitrogen and oxygen atoms in total. The SMILES string of the molecule is O=C(C1CC(c2ccccc2O)=NO1)N1CCOCC1. The lowest BCUT2D eigenvalue weighted by Gasteiger charge is -2.28. The molecule has 1 amide bonds. The number of aromatic hydroxyl groups is 1. The van der Waals surface area contributed by atoms with Gasteiger partial charge in [0.2, 0.25) is 6.10 Å². The van der Waals surface area contributed by atoms with Crippen LogP contribution in [0.3, 0.4) is 0 Å². The van der Waals surface area contributed by atoms with Crippen molar-refractivity contribution in [2.24, 2.45) is 5.16 Å². The molecule has 1 fully saturated rings. The molecule has 0 aromatic heterocycles. The van der Waals surface area contributed by atoms with Crippen LogP contribution in [-0.4, -0.2) is 54.0 Å². The minimum absolute atomic E-state index is 0.0672. The summed E-state index contributed by atoms with van der Waals surface area (Å²) >= 11 is 0. The topological polar surface area (TPSA) is 71.4 Å². The van der Waals surface area contributed by atoms with Crippen molar-refractivity contribution >= 4 is 11.6 Å². The number of phenols is 1. The number of hydrogen-bond donors (Lipinski definition) is 1. The van der Waals surface area contributed by atoms with Gasteiger partial charge in [-0.05, 0) is 12.1 Å². The Bertz CT molecular complexity index is 538. The highest BCUT2D eigenvalue weighted by molar-refractivity contribution is 6.05. The van der Waals surface area contributed by atoms with E-state index in [1.807, 2.05) is 6.07 Å². The zero-order valence-corrected chi connectivity index (χ0v) is 11.0. The van der Waals surface area contributed by atoms with Crippen molar-refractivity contribution in [3.05, 3.63) is 29.8 Å². The van der Waals surface area contributed by atoms with Gasteiger partial charge in [0.1, 0.15) is 5.75 Å². The predicted octanol–water partition coefficient (Wildman–Crippen LogP) is 0.744. The van der Waals surface area contributed by atoms with Gasteiger partial charge >= 0.3 is 0 Å². The summed E-state index contributed by atoms with van der Waals surface area (Å²) in [6.45, 7) is 2.30. The van der Waals surface area contributed by atoms with Crippen LogP contribution in [0.4, 0.5) is 0 Å². The first-order valence-electron chi connectivity index (χ1n) is 6.63. The number of rotatable bonds is 2. The van der Waals surface area contributed by atoms with Crippen LogP contribution in [0.2, 0.25) is 0 Å². The van der Waals surface area contributed by atoms with E-state index in [9.17, 15) is 9.90 Å². The van der Waals surface area contributed by atoms with Crippen molar-refractivity contribution in [1.82, 2.24) is 4.90 Å². The number of morpholine rings is 1. The van der Waals surface area contributed by atoms with E-state index in [2.05, 4.69) is 5.16 Å². The predicted molar refractivity (Wildman–Crippen MR) is 71.5 cm³/mol. The molecule has 3 rings (SSSR count). The Kier molecular flexibility index (Phi) is 3.56. The molecule has 1 aromatic rings. The Morgan fingerprint density at radius 2 is 2.05 bits per heavy atom. The monoisotopic (exact) mass is 276 g/mol. The van der Waals surface area contributed by atoms with Crippen LogP contribution < -0.4 is 0 Å². The van der Waals surface area contributed by atoms with E-state index in [1.165, 1.54) is 0 Å². The summed E-state index contributed by atoms with van der Waals surface area (Å²) in [4.78, 5) is 19.2. The summed E-state index contributed by atoms with van der Waals surface area (Å²) in [6.07, 6.45) is -0.212. The van der Waals surface area contributed by atoms with E-state index >= 15 is 0 Å². The van der Waals surface area contributed by atoms with Gasteiger partial charge in [0.15, 0.2) is 0 Å². The second kappa shape index (κ2) is 5.50. The van der Waals surface area contributed by atoms with Gasteiger partial charge < -0.3 is 19.6 Å². The van der Waals surface area contributed by atoms with Gasteiger partial charge in [0, 0.05) is 25.1 Å². The molecule has 20 heavy (non-hydrogen) atoms. The number of ether oxygens (including phenoxy) is 1. The van der Waals surface area contributed by atoms with Crippen LogP contribution in [0.25, 0.3) is 0 Å². The van der Waals surface area contributed by atoms with Crippen molar-refractivity contribution in [3.63, 3.8) is 0 Å². The maximum atomic E-state index is 12.3. The number of hydrogen-bond acceptors (Lipinski definition) is 5. The largest absolute Gasteiger partial charge is 0.507 e. The van der Waals surface area contributed by atoms with E-state index in [0.717, 1.165) is 0 Å². The van der Waals surface area contributed by atoms with E-state index in [0.29, 0.717) is 44.0 Å². The molecule has 1 atom stereocenters. The molecule has 1 N–H and O–H groups in total. The van der Waals surface area contributed by atoms with E-state index in [1.54, 1.807) is 23.1 Å². The van der Waals surface area contributed by atoms with Crippen molar-refractivity contribution < 1.29 is 19.5 Å². The van der Waals surface area contributed by atoms with Gasteiger partial charge in [0.25, 0.3) is 5.91 Å². The van der Waals surface area contributed by atoms with Crippen LogP contribution in [0.15, 0.2) is 29.4 Å². The number of oxime groups is 1. The van der Waals surface area contributed by atoms with Crippen molar-refractivity contribution in [1.29, 1.82) is 0 Å². The number of carbonyl (C=O) groups is 1. The molecule has 0 bridgehead atoms. The van der Waals surface area contributed by atoms with Gasteiger partial charge in [-0.3, -0.25) is 4.79 Å². The van der Waals surface area contributed by atoms with E-state index in [-0.39, 0.29) is 11.7 Å². The molecule has 0 aliphatic carbocycles. The van der Waals surface area contributed by atoms with Crippen molar-refractivity contribution in [2.75, 3.05) is 26.3 Å². The van der Waals surface area contributed by atoms with Gasteiger partial charge in [0.05, 0.1) is 18.9 Å². The number of amides is 1. The quantitative estimate of drug-likeness (QED) is 0.865. The summed E-state index contributed by atoms with van der Waals surface area (Å²) < 4.78 is 5.22. The Hall–Kier alpha value is -2.08. The van der Waals surface area contributed by atoms with Gasteiger partial charge in [-0.1, -0.05) is 17.3 Å². The summed E-state index contributed by atoms with van der Waals surface area (Å²) in [5.41, 5.74) is 1.22. The lowest BCUT2D eigenvalue weighted by molar-refractivity contribution is -0.146. The zero-order chi connectivity index (χ0) is 13.9. The second-order valence-corrected chi connectivity index (χ2v) is 4.79. The summed E-state index contributed by atoms with van der Waals surface area (Å²) in [6, 6.07) is 6.91. The minimum atomic E-state index is -0.595. The fourth-order valence-corrected chi connectivity index (χ4v) is 2.37. The lowest BCUT2D eigenvalue weighted by atomic mass is 10.0. The molecule has 0 saturated carbocycles. The van der Waals surface area contributed by atoms with E-state index in [4.69, 9.17) is 9.57 Å². The van der Waals surface area contributed by atoms with Crippen molar-refractivity contribution in [2.45, 2.75) is 12.5 Å². The molecule has 1 aromatic carbocycles. The van der Waals surface area contributed by atoms with Crippen LogP contribution >= 0.6 is 0 Å². The molecule has 2 aliphatic heterocycles.